The molecule has 2 aliphatic rings. The van der Waals surface area contributed by atoms with Crippen LogP contribution in [0.1, 0.15) is 49.9 Å². The summed E-state index contributed by atoms with van der Waals surface area (Å²) in [5, 5.41) is 0. The number of esters is 2. The molecule has 28 heavy (non-hydrogen) atoms. The number of ether oxygens (including phenoxy) is 2. The molecule has 0 radical (unpaired) electrons. The van der Waals surface area contributed by atoms with Gasteiger partial charge in [0.05, 0.1) is 13.2 Å². The summed E-state index contributed by atoms with van der Waals surface area (Å²) < 4.78 is 10.4. The molecule has 0 saturated carbocycles. The highest BCUT2D eigenvalue weighted by molar-refractivity contribution is 6.05. The van der Waals surface area contributed by atoms with Crippen molar-refractivity contribution in [2.24, 2.45) is 10.8 Å². The number of benzene rings is 1. The predicted molar refractivity (Wildman–Crippen MR) is 101 cm³/mol. The van der Waals surface area contributed by atoms with Crippen LogP contribution in [0, 0.1) is 10.8 Å². The number of hydrogen-bond acceptors (Lipinski definition) is 6. The summed E-state index contributed by atoms with van der Waals surface area (Å²) in [6.45, 7) is 6.75. The number of hydrogen-bond donors (Lipinski definition) is 0. The molecule has 0 heterocycles. The number of rotatable bonds is 6. The second kappa shape index (κ2) is 7.15. The van der Waals surface area contributed by atoms with E-state index in [1.165, 1.54) is 13.8 Å². The van der Waals surface area contributed by atoms with Crippen LogP contribution in [-0.2, 0) is 54.3 Å². The minimum atomic E-state index is -1.17. The standard InChI is InChI=1S/C22H26O6/c1-5-27-19(25)21(13(3)23)9-15-7-17-11-22(14(4)24,20(26)28-6-2)12-18(17)8-16(15)10-21/h7-8H,5-6,9-12H2,1-4H3. The molecule has 0 aromatic heterocycles. The molecule has 0 N–H and O–H groups in total. The maximum absolute atomic E-state index is 12.5. The van der Waals surface area contributed by atoms with E-state index in [0.717, 1.165) is 22.3 Å². The average molecular weight is 386 g/mol. The first kappa shape index (κ1) is 20.2. The van der Waals surface area contributed by atoms with Crippen LogP contribution < -0.4 is 0 Å². The zero-order valence-electron chi connectivity index (χ0n) is 16.8. The predicted octanol–water partition coefficient (Wildman–Crippen LogP) is 2.16. The van der Waals surface area contributed by atoms with Crippen LogP contribution in [-0.4, -0.2) is 36.7 Å². The average Bonchev–Trinajstić information content (AvgIpc) is 3.19. The summed E-state index contributed by atoms with van der Waals surface area (Å²) in [6.07, 6.45) is 1.15. The zero-order valence-corrected chi connectivity index (χ0v) is 16.8. The Labute approximate surface area is 164 Å². The minimum Gasteiger partial charge on any atom is -0.465 e. The van der Waals surface area contributed by atoms with E-state index in [1.54, 1.807) is 13.8 Å². The van der Waals surface area contributed by atoms with Crippen LogP contribution in [0.2, 0.25) is 0 Å². The number of Topliss-reactive ketones (excluding diaryl/α,β-unsaturated/α-hetero) is 2. The number of fused-ring (bicyclic) bond motifs is 2. The number of carbonyl (C=O) groups is 4. The van der Waals surface area contributed by atoms with Crippen molar-refractivity contribution in [2.45, 2.75) is 53.4 Å². The molecule has 0 spiro atoms. The molecule has 0 amide bonds. The summed E-state index contributed by atoms with van der Waals surface area (Å²) in [4.78, 5) is 49.8. The van der Waals surface area contributed by atoms with Gasteiger partial charge in [-0.05, 0) is 75.6 Å². The second-order valence-electron chi connectivity index (χ2n) is 7.81. The van der Waals surface area contributed by atoms with E-state index in [1.807, 2.05) is 12.1 Å². The summed E-state index contributed by atoms with van der Waals surface area (Å²) in [6, 6.07) is 3.89. The largest absolute Gasteiger partial charge is 0.465 e. The van der Waals surface area contributed by atoms with Crippen molar-refractivity contribution in [3.05, 3.63) is 34.4 Å². The maximum atomic E-state index is 12.5. The highest BCUT2D eigenvalue weighted by Crippen LogP contribution is 2.45. The van der Waals surface area contributed by atoms with Gasteiger partial charge in [-0.25, -0.2) is 0 Å². The maximum Gasteiger partial charge on any atom is 0.320 e. The highest BCUT2D eigenvalue weighted by Gasteiger charge is 2.52. The van der Waals surface area contributed by atoms with Gasteiger partial charge in [-0.3, -0.25) is 19.2 Å². The van der Waals surface area contributed by atoms with Gasteiger partial charge in [0.2, 0.25) is 0 Å². The summed E-state index contributed by atoms with van der Waals surface area (Å²) in [5.74, 6) is -1.37. The fourth-order valence-electron chi connectivity index (χ4n) is 4.49. The molecule has 150 valence electrons. The van der Waals surface area contributed by atoms with E-state index in [2.05, 4.69) is 0 Å². The molecular formula is C22H26O6. The van der Waals surface area contributed by atoms with E-state index < -0.39 is 22.8 Å². The third-order valence-electron chi connectivity index (χ3n) is 6.17. The first-order valence-corrected chi connectivity index (χ1v) is 9.70. The smallest absolute Gasteiger partial charge is 0.320 e. The Morgan fingerprint density at radius 3 is 1.21 bits per heavy atom. The van der Waals surface area contributed by atoms with Crippen molar-refractivity contribution in [1.82, 2.24) is 0 Å². The van der Waals surface area contributed by atoms with Gasteiger partial charge >= 0.3 is 11.9 Å². The molecule has 1 aromatic carbocycles. The molecule has 6 heteroatoms. The lowest BCUT2D eigenvalue weighted by atomic mass is 9.80. The molecule has 6 nitrogen and oxygen atoms in total. The van der Waals surface area contributed by atoms with Gasteiger partial charge in [-0.1, -0.05) is 12.1 Å². The van der Waals surface area contributed by atoms with Crippen molar-refractivity contribution >= 4 is 23.5 Å². The fraction of sp³-hybridized carbons (Fsp3) is 0.545. The Balaban J connectivity index is 1.95. The van der Waals surface area contributed by atoms with Crippen molar-refractivity contribution in [3.63, 3.8) is 0 Å². The molecule has 0 aliphatic heterocycles. The summed E-state index contributed by atoms with van der Waals surface area (Å²) in [5.41, 5.74) is 1.28. The molecule has 0 bridgehead atoms. The van der Waals surface area contributed by atoms with Crippen molar-refractivity contribution < 1.29 is 28.7 Å². The van der Waals surface area contributed by atoms with Crippen molar-refractivity contribution in [3.8, 4) is 0 Å². The van der Waals surface area contributed by atoms with E-state index in [9.17, 15) is 19.2 Å². The van der Waals surface area contributed by atoms with Crippen molar-refractivity contribution in [2.75, 3.05) is 13.2 Å². The van der Waals surface area contributed by atoms with Crippen LogP contribution in [0.5, 0.6) is 0 Å². The van der Waals surface area contributed by atoms with Gasteiger partial charge in [0, 0.05) is 0 Å². The first-order valence-electron chi connectivity index (χ1n) is 9.70. The van der Waals surface area contributed by atoms with E-state index in [-0.39, 0.29) is 50.5 Å². The Bertz CT molecular complexity index is 764. The SMILES string of the molecule is CCOC(=O)C1(C(C)=O)Cc2cc3c(cc2C1)CC(C(C)=O)(C(=O)OCC)C3. The Kier molecular flexibility index (Phi) is 5.17. The topological polar surface area (TPSA) is 86.7 Å². The second-order valence-corrected chi connectivity index (χ2v) is 7.81. The minimum absolute atomic E-state index is 0.202. The van der Waals surface area contributed by atoms with Gasteiger partial charge in [0.15, 0.2) is 0 Å². The van der Waals surface area contributed by atoms with Crippen molar-refractivity contribution in [1.29, 1.82) is 0 Å². The summed E-state index contributed by atoms with van der Waals surface area (Å²) >= 11 is 0. The molecular weight excluding hydrogens is 360 g/mol. The van der Waals surface area contributed by atoms with Gasteiger partial charge in [0.25, 0.3) is 0 Å². The van der Waals surface area contributed by atoms with Crippen LogP contribution in [0.4, 0.5) is 0 Å². The molecule has 0 fully saturated rings. The zero-order chi connectivity index (χ0) is 20.7. The normalized spacial score (nSPS) is 18.1. The Morgan fingerprint density at radius 2 is 1.00 bits per heavy atom. The van der Waals surface area contributed by atoms with Crippen LogP contribution >= 0.6 is 0 Å². The monoisotopic (exact) mass is 386 g/mol. The lowest BCUT2D eigenvalue weighted by Gasteiger charge is -2.23. The van der Waals surface area contributed by atoms with Crippen LogP contribution in [0.15, 0.2) is 12.1 Å². The van der Waals surface area contributed by atoms with Gasteiger partial charge < -0.3 is 9.47 Å². The lowest BCUT2D eigenvalue weighted by Crippen LogP contribution is -2.40. The van der Waals surface area contributed by atoms with Crippen LogP contribution in [0.25, 0.3) is 0 Å². The Hall–Kier alpha value is -2.50. The molecule has 0 saturated heterocycles. The molecule has 3 rings (SSSR count). The third-order valence-corrected chi connectivity index (χ3v) is 6.17. The lowest BCUT2D eigenvalue weighted by molar-refractivity contribution is -0.160. The highest BCUT2D eigenvalue weighted by atomic mass is 16.5. The van der Waals surface area contributed by atoms with E-state index in [4.69, 9.17) is 9.47 Å². The van der Waals surface area contributed by atoms with Gasteiger partial charge in [-0.15, -0.1) is 0 Å². The molecule has 1 aromatic rings. The Morgan fingerprint density at radius 1 is 0.714 bits per heavy atom. The molecule has 2 aliphatic carbocycles. The van der Waals surface area contributed by atoms with Gasteiger partial charge in [-0.2, -0.15) is 0 Å². The number of ketones is 2. The fourth-order valence-corrected chi connectivity index (χ4v) is 4.49. The summed E-state index contributed by atoms with van der Waals surface area (Å²) in [7, 11) is 0. The van der Waals surface area contributed by atoms with Gasteiger partial charge in [0.1, 0.15) is 22.4 Å². The van der Waals surface area contributed by atoms with E-state index in [0.29, 0.717) is 0 Å². The third kappa shape index (κ3) is 2.95. The quantitative estimate of drug-likeness (QED) is 0.550. The van der Waals surface area contributed by atoms with E-state index >= 15 is 0 Å². The molecule has 0 unspecified atom stereocenters. The number of carbonyl (C=O) groups excluding carboxylic acids is 4. The van der Waals surface area contributed by atoms with Crippen LogP contribution in [0.3, 0.4) is 0 Å². The molecule has 0 atom stereocenters. The first-order chi connectivity index (χ1) is 13.2.